The standard InChI is InChI=1S/C23H23FN2O5S/c1-30-21-13-10-18(15-22(21)31-2)25-23(27)20(14-16-6-4-3-5-7-16)26-32(28,29)19-11-8-17(24)9-12-19/h3-13,15,20,26H,14H2,1-2H3,(H,25,27). The first-order valence-corrected chi connectivity index (χ1v) is 11.2. The number of sulfonamides is 1. The van der Waals surface area contributed by atoms with Crippen molar-refractivity contribution in [2.45, 2.75) is 17.4 Å². The number of benzene rings is 3. The molecule has 0 saturated carbocycles. The Bertz CT molecular complexity index is 1170. The Hall–Kier alpha value is -3.43. The Morgan fingerprint density at radius 2 is 1.59 bits per heavy atom. The predicted molar refractivity (Wildman–Crippen MR) is 119 cm³/mol. The van der Waals surface area contributed by atoms with E-state index < -0.39 is 27.8 Å². The van der Waals surface area contributed by atoms with Crippen molar-refractivity contribution < 1.29 is 27.1 Å². The van der Waals surface area contributed by atoms with Crippen molar-refractivity contribution in [1.29, 1.82) is 0 Å². The molecule has 0 fully saturated rings. The maximum absolute atomic E-state index is 13.2. The zero-order chi connectivity index (χ0) is 23.1. The fourth-order valence-corrected chi connectivity index (χ4v) is 4.25. The van der Waals surface area contributed by atoms with Crippen LogP contribution in [0.2, 0.25) is 0 Å². The van der Waals surface area contributed by atoms with Crippen molar-refractivity contribution in [1.82, 2.24) is 4.72 Å². The molecule has 9 heteroatoms. The Labute approximate surface area is 186 Å². The van der Waals surface area contributed by atoms with Crippen LogP contribution in [0.1, 0.15) is 5.56 Å². The van der Waals surface area contributed by atoms with Gasteiger partial charge in [-0.15, -0.1) is 0 Å². The lowest BCUT2D eigenvalue weighted by Crippen LogP contribution is -2.45. The second-order valence-corrected chi connectivity index (χ2v) is 8.59. The molecule has 0 aliphatic heterocycles. The zero-order valence-corrected chi connectivity index (χ0v) is 18.4. The van der Waals surface area contributed by atoms with Gasteiger partial charge in [0.2, 0.25) is 15.9 Å². The minimum atomic E-state index is -4.08. The van der Waals surface area contributed by atoms with Gasteiger partial charge < -0.3 is 14.8 Å². The SMILES string of the molecule is COc1ccc(NC(=O)C(Cc2ccccc2)NS(=O)(=O)c2ccc(F)cc2)cc1OC. The second kappa shape index (κ2) is 10.3. The van der Waals surface area contributed by atoms with Crippen LogP contribution >= 0.6 is 0 Å². The molecule has 0 saturated heterocycles. The molecule has 1 atom stereocenters. The summed E-state index contributed by atoms with van der Waals surface area (Å²) in [5, 5.41) is 2.71. The quantitative estimate of drug-likeness (QED) is 0.513. The van der Waals surface area contributed by atoms with E-state index in [9.17, 15) is 17.6 Å². The molecule has 0 bridgehead atoms. The molecule has 3 rings (SSSR count). The first kappa shape index (κ1) is 23.2. The summed E-state index contributed by atoms with van der Waals surface area (Å²) >= 11 is 0. The van der Waals surface area contributed by atoms with Crippen LogP contribution in [-0.4, -0.2) is 34.6 Å². The number of anilines is 1. The van der Waals surface area contributed by atoms with Crippen LogP contribution in [0.25, 0.3) is 0 Å². The number of hydrogen-bond donors (Lipinski definition) is 2. The zero-order valence-electron chi connectivity index (χ0n) is 17.5. The van der Waals surface area contributed by atoms with Crippen LogP contribution in [0, 0.1) is 5.82 Å². The van der Waals surface area contributed by atoms with Crippen molar-refractivity contribution in [3.8, 4) is 11.5 Å². The van der Waals surface area contributed by atoms with Gasteiger partial charge in [0.1, 0.15) is 11.9 Å². The molecule has 0 aliphatic rings. The van der Waals surface area contributed by atoms with E-state index in [1.165, 1.54) is 14.2 Å². The molecule has 0 radical (unpaired) electrons. The smallest absolute Gasteiger partial charge is 0.242 e. The summed E-state index contributed by atoms with van der Waals surface area (Å²) in [7, 11) is -1.11. The Kier molecular flexibility index (Phi) is 7.45. The normalized spacial score (nSPS) is 12.1. The van der Waals surface area contributed by atoms with Gasteiger partial charge in [0.05, 0.1) is 19.1 Å². The lowest BCUT2D eigenvalue weighted by molar-refractivity contribution is -0.117. The maximum atomic E-state index is 13.2. The van der Waals surface area contributed by atoms with E-state index in [2.05, 4.69) is 10.0 Å². The van der Waals surface area contributed by atoms with Crippen LogP contribution < -0.4 is 19.5 Å². The van der Waals surface area contributed by atoms with E-state index in [-0.39, 0.29) is 11.3 Å². The van der Waals surface area contributed by atoms with Crippen molar-refractivity contribution in [2.75, 3.05) is 19.5 Å². The molecule has 0 spiro atoms. The largest absolute Gasteiger partial charge is 0.493 e. The summed E-state index contributed by atoms with van der Waals surface area (Å²) in [5.41, 5.74) is 1.17. The molecular formula is C23H23FN2O5S. The van der Waals surface area contributed by atoms with E-state index >= 15 is 0 Å². The summed E-state index contributed by atoms with van der Waals surface area (Å²) in [5.74, 6) is -0.220. The van der Waals surface area contributed by atoms with Crippen LogP contribution in [0.5, 0.6) is 11.5 Å². The Morgan fingerprint density at radius 3 is 2.22 bits per heavy atom. The van der Waals surface area contributed by atoms with Gasteiger partial charge in [-0.05, 0) is 48.4 Å². The molecule has 1 amide bonds. The third-order valence-electron chi connectivity index (χ3n) is 4.67. The fourth-order valence-electron chi connectivity index (χ4n) is 3.05. The maximum Gasteiger partial charge on any atom is 0.242 e. The Morgan fingerprint density at radius 1 is 0.938 bits per heavy atom. The molecule has 3 aromatic rings. The van der Waals surface area contributed by atoms with E-state index in [1.807, 2.05) is 6.07 Å². The monoisotopic (exact) mass is 458 g/mol. The molecule has 0 heterocycles. The number of hydrogen-bond acceptors (Lipinski definition) is 5. The summed E-state index contributed by atoms with van der Waals surface area (Å²) in [6.07, 6.45) is 0.111. The number of rotatable bonds is 9. The minimum Gasteiger partial charge on any atom is -0.493 e. The molecule has 32 heavy (non-hydrogen) atoms. The topological polar surface area (TPSA) is 93.7 Å². The van der Waals surface area contributed by atoms with Crippen LogP contribution in [0.3, 0.4) is 0 Å². The number of amides is 1. The van der Waals surface area contributed by atoms with Gasteiger partial charge in [-0.2, -0.15) is 4.72 Å². The highest BCUT2D eigenvalue weighted by molar-refractivity contribution is 7.89. The van der Waals surface area contributed by atoms with Crippen LogP contribution in [-0.2, 0) is 21.2 Å². The first-order valence-electron chi connectivity index (χ1n) is 9.67. The highest BCUT2D eigenvalue weighted by atomic mass is 32.2. The minimum absolute atomic E-state index is 0.111. The first-order chi connectivity index (χ1) is 15.3. The molecule has 2 N–H and O–H groups in total. The van der Waals surface area contributed by atoms with E-state index in [1.54, 1.807) is 42.5 Å². The number of halogens is 1. The molecule has 0 aliphatic carbocycles. The van der Waals surface area contributed by atoms with E-state index in [4.69, 9.17) is 9.47 Å². The van der Waals surface area contributed by atoms with Crippen molar-refractivity contribution in [2.24, 2.45) is 0 Å². The summed E-state index contributed by atoms with van der Waals surface area (Å²) in [4.78, 5) is 12.9. The predicted octanol–water partition coefficient (Wildman–Crippen LogP) is 3.37. The highest BCUT2D eigenvalue weighted by Crippen LogP contribution is 2.29. The number of carbonyl (C=O) groups excluding carboxylic acids is 1. The number of ether oxygens (including phenoxy) is 2. The summed E-state index contributed by atoms with van der Waals surface area (Å²) < 4.78 is 51.7. The van der Waals surface area contributed by atoms with E-state index in [0.717, 1.165) is 29.8 Å². The van der Waals surface area contributed by atoms with E-state index in [0.29, 0.717) is 17.2 Å². The molecule has 7 nitrogen and oxygen atoms in total. The summed E-state index contributed by atoms with van der Waals surface area (Å²) in [6.45, 7) is 0. The highest BCUT2D eigenvalue weighted by Gasteiger charge is 2.26. The van der Waals surface area contributed by atoms with Crippen LogP contribution in [0.4, 0.5) is 10.1 Å². The third-order valence-corrected chi connectivity index (χ3v) is 6.16. The van der Waals surface area contributed by atoms with Gasteiger partial charge in [0.15, 0.2) is 11.5 Å². The number of methoxy groups -OCH3 is 2. The summed E-state index contributed by atoms with van der Waals surface area (Å²) in [6, 6.07) is 17.1. The lowest BCUT2D eigenvalue weighted by Gasteiger charge is -2.19. The lowest BCUT2D eigenvalue weighted by atomic mass is 10.1. The molecule has 168 valence electrons. The van der Waals surface area contributed by atoms with Gasteiger partial charge >= 0.3 is 0 Å². The number of nitrogens with one attached hydrogen (secondary N) is 2. The fraction of sp³-hybridized carbons (Fsp3) is 0.174. The van der Waals surface area contributed by atoms with Crippen molar-refractivity contribution in [3.05, 3.63) is 84.2 Å². The second-order valence-electron chi connectivity index (χ2n) is 6.88. The van der Waals surface area contributed by atoms with Crippen LogP contribution in [0.15, 0.2) is 77.7 Å². The van der Waals surface area contributed by atoms with Gasteiger partial charge in [-0.25, -0.2) is 12.8 Å². The van der Waals surface area contributed by atoms with Gasteiger partial charge in [-0.3, -0.25) is 4.79 Å². The number of carbonyl (C=O) groups is 1. The Balaban J connectivity index is 1.86. The van der Waals surface area contributed by atoms with Gasteiger partial charge in [0.25, 0.3) is 0 Å². The average Bonchev–Trinajstić information content (AvgIpc) is 2.79. The molecule has 0 aromatic heterocycles. The van der Waals surface area contributed by atoms with Crippen molar-refractivity contribution >= 4 is 21.6 Å². The molecule has 1 unspecified atom stereocenters. The molecular weight excluding hydrogens is 435 g/mol. The van der Waals surface area contributed by atoms with Gasteiger partial charge in [0, 0.05) is 11.8 Å². The average molecular weight is 459 g/mol. The van der Waals surface area contributed by atoms with Crippen molar-refractivity contribution in [3.63, 3.8) is 0 Å². The molecule has 3 aromatic carbocycles. The third kappa shape index (κ3) is 5.83. The van der Waals surface area contributed by atoms with Gasteiger partial charge in [-0.1, -0.05) is 30.3 Å².